The van der Waals surface area contributed by atoms with E-state index in [1.807, 2.05) is 0 Å². The zero-order valence-corrected chi connectivity index (χ0v) is 10.6. The maximum absolute atomic E-state index is 5.90. The van der Waals surface area contributed by atoms with Gasteiger partial charge >= 0.3 is 0 Å². The van der Waals surface area contributed by atoms with Crippen molar-refractivity contribution >= 4 is 0 Å². The number of nitrogens with one attached hydrogen (secondary N) is 1. The van der Waals surface area contributed by atoms with Crippen molar-refractivity contribution in [3.05, 3.63) is 0 Å². The van der Waals surface area contributed by atoms with E-state index >= 15 is 0 Å². The number of hydrogen-bond donors (Lipinski definition) is 2. The van der Waals surface area contributed by atoms with Crippen LogP contribution in [0.3, 0.4) is 0 Å². The second-order valence-electron chi connectivity index (χ2n) is 5.87. The standard InChI is InChI=1S/C13H26N2O/c1-9(2)4-3-5-12(15-14)11-8-10-6-7-13(11)16-10/h9-13,15H,3-8,14H2,1-2H3. The van der Waals surface area contributed by atoms with Gasteiger partial charge in [-0.05, 0) is 31.6 Å². The highest BCUT2D eigenvalue weighted by Crippen LogP contribution is 2.41. The summed E-state index contributed by atoms with van der Waals surface area (Å²) in [4.78, 5) is 0. The number of ether oxygens (including phenoxy) is 1. The molecule has 3 heteroatoms. The summed E-state index contributed by atoms with van der Waals surface area (Å²) < 4.78 is 5.90. The van der Waals surface area contributed by atoms with Crippen molar-refractivity contribution in [2.24, 2.45) is 17.7 Å². The van der Waals surface area contributed by atoms with Gasteiger partial charge in [0.15, 0.2) is 0 Å². The van der Waals surface area contributed by atoms with Crippen LogP contribution in [0.15, 0.2) is 0 Å². The molecule has 3 nitrogen and oxygen atoms in total. The smallest absolute Gasteiger partial charge is 0.0624 e. The van der Waals surface area contributed by atoms with Crippen molar-refractivity contribution in [3.63, 3.8) is 0 Å². The summed E-state index contributed by atoms with van der Waals surface area (Å²) in [5.41, 5.74) is 3.02. The lowest BCUT2D eigenvalue weighted by atomic mass is 9.82. The highest BCUT2D eigenvalue weighted by Gasteiger charge is 2.43. The monoisotopic (exact) mass is 226 g/mol. The Morgan fingerprint density at radius 3 is 2.62 bits per heavy atom. The molecular formula is C13H26N2O. The third kappa shape index (κ3) is 2.76. The maximum atomic E-state index is 5.90. The fourth-order valence-electron chi connectivity index (χ4n) is 3.27. The van der Waals surface area contributed by atoms with Crippen LogP contribution in [0.4, 0.5) is 0 Å². The first kappa shape index (κ1) is 12.3. The molecule has 4 unspecified atom stereocenters. The Balaban J connectivity index is 1.76. The average Bonchev–Trinajstić information content (AvgIpc) is 2.85. The molecule has 4 atom stereocenters. The van der Waals surface area contributed by atoms with Crippen molar-refractivity contribution in [2.75, 3.05) is 0 Å². The Kier molecular flexibility index (Phi) is 4.22. The molecule has 2 heterocycles. The van der Waals surface area contributed by atoms with Gasteiger partial charge in [0.2, 0.25) is 0 Å². The molecule has 0 radical (unpaired) electrons. The third-order valence-electron chi connectivity index (χ3n) is 4.18. The lowest BCUT2D eigenvalue weighted by Crippen LogP contribution is -2.44. The zero-order chi connectivity index (χ0) is 11.5. The molecule has 0 aliphatic carbocycles. The van der Waals surface area contributed by atoms with Gasteiger partial charge in [0.1, 0.15) is 0 Å². The summed E-state index contributed by atoms with van der Waals surface area (Å²) in [6, 6.07) is 0.467. The molecule has 0 saturated carbocycles. The fourth-order valence-corrected chi connectivity index (χ4v) is 3.27. The highest BCUT2D eigenvalue weighted by molar-refractivity contribution is 4.94. The molecule has 16 heavy (non-hydrogen) atoms. The van der Waals surface area contributed by atoms with Gasteiger partial charge in [-0.1, -0.05) is 26.7 Å². The molecule has 0 spiro atoms. The molecule has 0 amide bonds. The summed E-state index contributed by atoms with van der Waals surface area (Å²) in [7, 11) is 0. The normalized spacial score (nSPS) is 34.9. The van der Waals surface area contributed by atoms with E-state index in [2.05, 4.69) is 19.3 Å². The molecule has 2 saturated heterocycles. The largest absolute Gasteiger partial charge is 0.375 e. The average molecular weight is 226 g/mol. The van der Waals surface area contributed by atoms with Crippen LogP contribution in [0.2, 0.25) is 0 Å². The lowest BCUT2D eigenvalue weighted by Gasteiger charge is -2.28. The molecule has 0 aromatic rings. The van der Waals surface area contributed by atoms with E-state index in [-0.39, 0.29) is 0 Å². The molecule has 0 aromatic carbocycles. The predicted octanol–water partition coefficient (Wildman–Crippen LogP) is 2.21. The van der Waals surface area contributed by atoms with Crippen LogP contribution in [-0.4, -0.2) is 18.2 Å². The molecule has 0 aromatic heterocycles. The molecule has 2 bridgehead atoms. The number of nitrogens with two attached hydrogens (primary N) is 1. The highest BCUT2D eigenvalue weighted by atomic mass is 16.5. The van der Waals surface area contributed by atoms with Gasteiger partial charge in [-0.3, -0.25) is 11.3 Å². The quantitative estimate of drug-likeness (QED) is 0.539. The Hall–Kier alpha value is -0.120. The maximum Gasteiger partial charge on any atom is 0.0624 e. The minimum Gasteiger partial charge on any atom is -0.375 e. The van der Waals surface area contributed by atoms with Gasteiger partial charge in [0, 0.05) is 12.0 Å². The zero-order valence-electron chi connectivity index (χ0n) is 10.6. The molecular weight excluding hydrogens is 200 g/mol. The lowest BCUT2D eigenvalue weighted by molar-refractivity contribution is 0.0846. The van der Waals surface area contributed by atoms with Crippen molar-refractivity contribution in [1.29, 1.82) is 0 Å². The summed E-state index contributed by atoms with van der Waals surface area (Å²) in [6.45, 7) is 4.57. The van der Waals surface area contributed by atoms with Crippen LogP contribution in [0, 0.1) is 11.8 Å². The molecule has 2 fully saturated rings. The molecule has 2 aliphatic rings. The van der Waals surface area contributed by atoms with E-state index in [9.17, 15) is 0 Å². The van der Waals surface area contributed by atoms with Crippen LogP contribution in [-0.2, 0) is 4.74 Å². The van der Waals surface area contributed by atoms with E-state index in [0.717, 1.165) is 5.92 Å². The van der Waals surface area contributed by atoms with Gasteiger partial charge in [-0.25, -0.2) is 0 Å². The SMILES string of the molecule is CC(C)CCCC(NN)C1CC2CCC1O2. The van der Waals surface area contributed by atoms with E-state index < -0.39 is 0 Å². The second-order valence-corrected chi connectivity index (χ2v) is 5.87. The van der Waals surface area contributed by atoms with E-state index in [1.165, 1.54) is 38.5 Å². The molecule has 3 N–H and O–H groups in total. The molecule has 2 aliphatic heterocycles. The van der Waals surface area contributed by atoms with Crippen molar-refractivity contribution < 1.29 is 4.74 Å². The van der Waals surface area contributed by atoms with Gasteiger partial charge in [0.25, 0.3) is 0 Å². The van der Waals surface area contributed by atoms with Crippen molar-refractivity contribution in [1.82, 2.24) is 5.43 Å². The Morgan fingerprint density at radius 1 is 1.31 bits per heavy atom. The van der Waals surface area contributed by atoms with Crippen LogP contribution in [0.25, 0.3) is 0 Å². The third-order valence-corrected chi connectivity index (χ3v) is 4.18. The van der Waals surface area contributed by atoms with Crippen molar-refractivity contribution in [2.45, 2.75) is 70.6 Å². The summed E-state index contributed by atoms with van der Waals surface area (Å²) >= 11 is 0. The summed E-state index contributed by atoms with van der Waals surface area (Å²) in [6.07, 6.45) is 8.55. The van der Waals surface area contributed by atoms with Gasteiger partial charge in [-0.15, -0.1) is 0 Å². The number of hydrazine groups is 1. The molecule has 94 valence electrons. The molecule has 2 rings (SSSR count). The summed E-state index contributed by atoms with van der Waals surface area (Å²) in [5, 5.41) is 0. The fraction of sp³-hybridized carbons (Fsp3) is 1.00. The number of fused-ring (bicyclic) bond motifs is 2. The summed E-state index contributed by atoms with van der Waals surface area (Å²) in [5.74, 6) is 7.16. The van der Waals surface area contributed by atoms with Crippen molar-refractivity contribution in [3.8, 4) is 0 Å². The number of rotatable bonds is 6. The van der Waals surface area contributed by atoms with E-state index in [1.54, 1.807) is 0 Å². The van der Waals surface area contributed by atoms with Crippen LogP contribution in [0.5, 0.6) is 0 Å². The van der Waals surface area contributed by atoms with Crippen LogP contribution < -0.4 is 11.3 Å². The first-order valence-corrected chi connectivity index (χ1v) is 6.82. The number of hydrogen-bond acceptors (Lipinski definition) is 3. The second kappa shape index (κ2) is 5.48. The van der Waals surface area contributed by atoms with Gasteiger partial charge < -0.3 is 4.74 Å². The van der Waals surface area contributed by atoms with Gasteiger partial charge in [0.05, 0.1) is 12.2 Å². The first-order chi connectivity index (χ1) is 7.70. The first-order valence-electron chi connectivity index (χ1n) is 6.82. The van der Waals surface area contributed by atoms with E-state index in [4.69, 9.17) is 10.6 Å². The predicted molar refractivity (Wildman–Crippen MR) is 65.8 cm³/mol. The van der Waals surface area contributed by atoms with E-state index in [0.29, 0.717) is 24.2 Å². The topological polar surface area (TPSA) is 47.3 Å². The Labute approximate surface area is 99.1 Å². The minimum atomic E-state index is 0.467. The minimum absolute atomic E-state index is 0.467. The van der Waals surface area contributed by atoms with Crippen LogP contribution >= 0.6 is 0 Å². The van der Waals surface area contributed by atoms with Gasteiger partial charge in [-0.2, -0.15) is 0 Å². The van der Waals surface area contributed by atoms with Crippen LogP contribution in [0.1, 0.15) is 52.4 Å². The Morgan fingerprint density at radius 2 is 2.12 bits per heavy atom. The Bertz CT molecular complexity index is 220.